The second-order valence-corrected chi connectivity index (χ2v) is 6.62. The number of aliphatic hydroxyl groups excluding tert-OH is 1. The van der Waals surface area contributed by atoms with Crippen molar-refractivity contribution < 1.29 is 9.84 Å². The van der Waals surface area contributed by atoms with Crippen LogP contribution in [0.5, 0.6) is 0 Å². The van der Waals surface area contributed by atoms with Crippen molar-refractivity contribution in [1.82, 2.24) is 10.2 Å². The quantitative estimate of drug-likeness (QED) is 0.658. The molecule has 1 aliphatic carbocycles. The van der Waals surface area contributed by atoms with Crippen LogP contribution in [0, 0.1) is 11.8 Å². The fourth-order valence-electron chi connectivity index (χ4n) is 2.75. The van der Waals surface area contributed by atoms with E-state index in [-0.39, 0.29) is 6.10 Å². The summed E-state index contributed by atoms with van der Waals surface area (Å²) in [5.74, 6) is 1.30. The van der Waals surface area contributed by atoms with E-state index in [1.54, 1.807) is 0 Å². The minimum atomic E-state index is -0.375. The average Bonchev–Trinajstić information content (AvgIpc) is 3.10. The van der Waals surface area contributed by atoms with E-state index in [0.717, 1.165) is 25.1 Å². The highest BCUT2D eigenvalue weighted by Gasteiger charge is 2.33. The van der Waals surface area contributed by atoms with Crippen LogP contribution in [0.3, 0.4) is 0 Å². The molecule has 1 saturated carbocycles. The SMILES string of the molecule is CC(C)COCC(O)CNCC1CCN(C2CC2)C1. The van der Waals surface area contributed by atoms with Gasteiger partial charge in [0.25, 0.3) is 0 Å². The first kappa shape index (κ1) is 15.2. The predicted molar refractivity (Wildman–Crippen MR) is 77.2 cm³/mol. The molecule has 4 heteroatoms. The summed E-state index contributed by atoms with van der Waals surface area (Å²) in [6.07, 6.45) is 3.75. The molecule has 2 N–H and O–H groups in total. The Kier molecular flexibility index (Phi) is 6.07. The Morgan fingerprint density at radius 2 is 2.05 bits per heavy atom. The minimum Gasteiger partial charge on any atom is -0.389 e. The first-order chi connectivity index (χ1) is 9.15. The zero-order valence-corrected chi connectivity index (χ0v) is 12.5. The van der Waals surface area contributed by atoms with Gasteiger partial charge in [0.05, 0.1) is 12.7 Å². The summed E-state index contributed by atoms with van der Waals surface area (Å²) in [4.78, 5) is 2.63. The van der Waals surface area contributed by atoms with Gasteiger partial charge in [-0.1, -0.05) is 13.8 Å². The molecule has 2 atom stereocenters. The topological polar surface area (TPSA) is 44.7 Å². The average molecular weight is 270 g/mol. The Morgan fingerprint density at radius 1 is 1.26 bits per heavy atom. The van der Waals surface area contributed by atoms with Crippen molar-refractivity contribution in [2.75, 3.05) is 39.4 Å². The van der Waals surface area contributed by atoms with E-state index in [9.17, 15) is 5.11 Å². The van der Waals surface area contributed by atoms with Gasteiger partial charge in [0.2, 0.25) is 0 Å². The van der Waals surface area contributed by atoms with E-state index >= 15 is 0 Å². The van der Waals surface area contributed by atoms with Crippen molar-refractivity contribution in [1.29, 1.82) is 0 Å². The number of ether oxygens (including phenoxy) is 1. The van der Waals surface area contributed by atoms with Crippen LogP contribution in [-0.2, 0) is 4.74 Å². The van der Waals surface area contributed by atoms with Crippen LogP contribution < -0.4 is 5.32 Å². The Labute approximate surface area is 117 Å². The Bertz CT molecular complexity index is 257. The minimum absolute atomic E-state index is 0.375. The number of nitrogens with zero attached hydrogens (tertiary/aromatic N) is 1. The molecule has 2 aliphatic rings. The summed E-state index contributed by atoms with van der Waals surface area (Å²) in [7, 11) is 0. The first-order valence-electron chi connectivity index (χ1n) is 7.85. The highest BCUT2D eigenvalue weighted by atomic mass is 16.5. The van der Waals surface area contributed by atoms with Crippen LogP contribution in [0.15, 0.2) is 0 Å². The molecule has 0 amide bonds. The second kappa shape index (κ2) is 7.58. The van der Waals surface area contributed by atoms with E-state index in [2.05, 4.69) is 24.1 Å². The summed E-state index contributed by atoms with van der Waals surface area (Å²) in [6, 6.07) is 0.903. The molecule has 19 heavy (non-hydrogen) atoms. The zero-order chi connectivity index (χ0) is 13.7. The molecule has 1 saturated heterocycles. The van der Waals surface area contributed by atoms with Crippen LogP contribution in [-0.4, -0.2) is 61.5 Å². The number of nitrogens with one attached hydrogen (secondary N) is 1. The third-order valence-corrected chi connectivity index (χ3v) is 3.95. The van der Waals surface area contributed by atoms with Gasteiger partial charge in [0.1, 0.15) is 0 Å². The lowest BCUT2D eigenvalue weighted by Gasteiger charge is -2.17. The van der Waals surface area contributed by atoms with Crippen molar-refractivity contribution in [3.63, 3.8) is 0 Å². The van der Waals surface area contributed by atoms with Gasteiger partial charge in [0, 0.05) is 25.7 Å². The Morgan fingerprint density at radius 3 is 2.74 bits per heavy atom. The van der Waals surface area contributed by atoms with Crippen molar-refractivity contribution in [3.05, 3.63) is 0 Å². The van der Waals surface area contributed by atoms with Crippen LogP contribution in [0.4, 0.5) is 0 Å². The largest absolute Gasteiger partial charge is 0.389 e. The molecule has 1 aliphatic heterocycles. The first-order valence-corrected chi connectivity index (χ1v) is 7.85. The summed E-state index contributed by atoms with van der Waals surface area (Å²) in [5.41, 5.74) is 0. The van der Waals surface area contributed by atoms with Gasteiger partial charge in [-0.2, -0.15) is 0 Å². The summed E-state index contributed by atoms with van der Waals surface area (Å²) < 4.78 is 5.44. The molecule has 0 aromatic heterocycles. The summed E-state index contributed by atoms with van der Waals surface area (Å²) in [6.45, 7) is 9.63. The van der Waals surface area contributed by atoms with Crippen molar-refractivity contribution in [2.24, 2.45) is 11.8 Å². The molecule has 2 fully saturated rings. The normalized spacial score (nSPS) is 26.2. The van der Waals surface area contributed by atoms with E-state index in [1.165, 1.54) is 32.4 Å². The van der Waals surface area contributed by atoms with Gasteiger partial charge in [0.15, 0.2) is 0 Å². The van der Waals surface area contributed by atoms with Gasteiger partial charge >= 0.3 is 0 Å². The van der Waals surface area contributed by atoms with Crippen molar-refractivity contribution in [2.45, 2.75) is 45.3 Å². The maximum Gasteiger partial charge on any atom is 0.0897 e. The van der Waals surface area contributed by atoms with Gasteiger partial charge < -0.3 is 20.1 Å². The van der Waals surface area contributed by atoms with Crippen LogP contribution in [0.2, 0.25) is 0 Å². The van der Waals surface area contributed by atoms with Crippen LogP contribution in [0.1, 0.15) is 33.1 Å². The Hall–Kier alpha value is -0.160. The monoisotopic (exact) mass is 270 g/mol. The lowest BCUT2D eigenvalue weighted by atomic mass is 10.1. The molecule has 4 nitrogen and oxygen atoms in total. The fourth-order valence-corrected chi connectivity index (χ4v) is 2.75. The standard InChI is InChI=1S/C15H30N2O2/c1-12(2)10-19-11-15(18)8-16-7-13-5-6-17(9-13)14-3-4-14/h12-16,18H,3-11H2,1-2H3. The van der Waals surface area contributed by atoms with Crippen LogP contribution >= 0.6 is 0 Å². The predicted octanol–water partition coefficient (Wildman–Crippen LogP) is 1.09. The lowest BCUT2D eigenvalue weighted by Crippen LogP contribution is -2.34. The van der Waals surface area contributed by atoms with E-state index in [1.807, 2.05) is 0 Å². The second-order valence-electron chi connectivity index (χ2n) is 6.62. The number of likely N-dealkylation sites (tertiary alicyclic amines) is 1. The highest BCUT2D eigenvalue weighted by Crippen LogP contribution is 2.31. The maximum atomic E-state index is 9.79. The van der Waals surface area contributed by atoms with E-state index in [4.69, 9.17) is 4.74 Å². The molecule has 0 aromatic rings. The van der Waals surface area contributed by atoms with Gasteiger partial charge in [-0.25, -0.2) is 0 Å². The zero-order valence-electron chi connectivity index (χ0n) is 12.5. The maximum absolute atomic E-state index is 9.79. The van der Waals surface area contributed by atoms with Crippen molar-refractivity contribution >= 4 is 0 Å². The third-order valence-electron chi connectivity index (χ3n) is 3.95. The smallest absolute Gasteiger partial charge is 0.0897 e. The Balaban J connectivity index is 1.47. The number of rotatable bonds is 9. The lowest BCUT2D eigenvalue weighted by molar-refractivity contribution is 0.0259. The molecule has 0 aromatic carbocycles. The van der Waals surface area contributed by atoms with Crippen LogP contribution in [0.25, 0.3) is 0 Å². The number of hydrogen-bond acceptors (Lipinski definition) is 4. The molecular formula is C15H30N2O2. The van der Waals surface area contributed by atoms with E-state index < -0.39 is 0 Å². The molecule has 0 bridgehead atoms. The molecule has 112 valence electrons. The molecular weight excluding hydrogens is 240 g/mol. The molecule has 2 rings (SSSR count). The number of hydrogen-bond donors (Lipinski definition) is 2. The summed E-state index contributed by atoms with van der Waals surface area (Å²) >= 11 is 0. The summed E-state index contributed by atoms with van der Waals surface area (Å²) in [5, 5.41) is 13.2. The van der Waals surface area contributed by atoms with Gasteiger partial charge in [-0.15, -0.1) is 0 Å². The molecule has 2 unspecified atom stereocenters. The van der Waals surface area contributed by atoms with Crippen molar-refractivity contribution in [3.8, 4) is 0 Å². The van der Waals surface area contributed by atoms with Gasteiger partial charge in [-0.05, 0) is 44.2 Å². The number of aliphatic hydroxyl groups is 1. The fraction of sp³-hybridized carbons (Fsp3) is 1.00. The van der Waals surface area contributed by atoms with E-state index in [0.29, 0.717) is 19.1 Å². The molecule has 1 heterocycles. The highest BCUT2D eigenvalue weighted by molar-refractivity contribution is 4.89. The molecule has 0 spiro atoms. The molecule has 0 radical (unpaired) electrons. The third kappa shape index (κ3) is 5.78. The van der Waals surface area contributed by atoms with Gasteiger partial charge in [-0.3, -0.25) is 0 Å².